The zero-order chi connectivity index (χ0) is 16.5. The van der Waals surface area contributed by atoms with Crippen molar-refractivity contribution < 1.29 is 22.7 Å². The van der Waals surface area contributed by atoms with E-state index in [4.69, 9.17) is 9.47 Å². The number of likely N-dealkylation sites (tertiary alicyclic amines) is 1. The number of carbonyl (C=O) groups is 1. The Labute approximate surface area is 137 Å². The second-order valence-corrected chi connectivity index (χ2v) is 8.84. The van der Waals surface area contributed by atoms with E-state index in [2.05, 4.69) is 0 Å². The summed E-state index contributed by atoms with van der Waals surface area (Å²) in [6, 6.07) is -0.0217. The molecule has 0 N–H and O–H groups in total. The normalized spacial score (nSPS) is 29.5. The highest BCUT2D eigenvalue weighted by Gasteiger charge is 2.41. The van der Waals surface area contributed by atoms with Crippen LogP contribution in [0.2, 0.25) is 0 Å². The van der Waals surface area contributed by atoms with E-state index < -0.39 is 15.6 Å². The summed E-state index contributed by atoms with van der Waals surface area (Å²) in [5, 5.41) is 0. The van der Waals surface area contributed by atoms with Crippen LogP contribution in [0, 0.1) is 0 Å². The first kappa shape index (κ1) is 17.1. The second-order valence-electron chi connectivity index (χ2n) is 6.61. The first-order chi connectivity index (χ1) is 10.9. The van der Waals surface area contributed by atoms with Crippen molar-refractivity contribution >= 4 is 15.7 Å². The number of amides is 1. The minimum Gasteiger partial charge on any atom is -0.347 e. The van der Waals surface area contributed by atoms with Crippen LogP contribution < -0.4 is 0 Å². The number of carbonyl (C=O) groups excluding carboxylic acids is 1. The molecular weight excluding hydrogens is 320 g/mol. The summed E-state index contributed by atoms with van der Waals surface area (Å²) in [4.78, 5) is 16.4. The lowest BCUT2D eigenvalue weighted by Crippen LogP contribution is -2.51. The number of hydrogen-bond acceptors (Lipinski definition) is 6. The largest absolute Gasteiger partial charge is 0.347 e. The van der Waals surface area contributed by atoms with Crippen LogP contribution in [-0.2, 0) is 24.1 Å². The van der Waals surface area contributed by atoms with E-state index in [-0.39, 0.29) is 23.5 Å². The molecule has 3 fully saturated rings. The quantitative estimate of drug-likeness (QED) is 0.705. The van der Waals surface area contributed by atoms with Gasteiger partial charge in [0.2, 0.25) is 5.91 Å². The molecule has 0 aromatic carbocycles. The molecule has 0 aromatic heterocycles. The Morgan fingerprint density at radius 2 is 1.91 bits per heavy atom. The van der Waals surface area contributed by atoms with Gasteiger partial charge >= 0.3 is 0 Å². The highest BCUT2D eigenvalue weighted by molar-refractivity contribution is 7.91. The van der Waals surface area contributed by atoms with E-state index in [1.807, 2.05) is 16.7 Å². The fraction of sp³-hybridized carbons (Fsp3) is 0.933. The Bertz CT molecular complexity index is 534. The Kier molecular flexibility index (Phi) is 4.96. The molecule has 0 aromatic rings. The molecule has 23 heavy (non-hydrogen) atoms. The molecule has 132 valence electrons. The van der Waals surface area contributed by atoms with Gasteiger partial charge in [-0.3, -0.25) is 9.69 Å². The minimum atomic E-state index is -2.93. The average molecular weight is 346 g/mol. The Balaban J connectivity index is 1.52. The summed E-state index contributed by atoms with van der Waals surface area (Å²) in [6.07, 6.45) is 2.06. The van der Waals surface area contributed by atoms with Gasteiger partial charge < -0.3 is 14.4 Å². The second kappa shape index (κ2) is 6.66. The van der Waals surface area contributed by atoms with Crippen molar-refractivity contribution in [2.75, 3.05) is 50.9 Å². The van der Waals surface area contributed by atoms with Gasteiger partial charge in [-0.25, -0.2) is 8.42 Å². The van der Waals surface area contributed by atoms with Crippen molar-refractivity contribution in [1.29, 1.82) is 0 Å². The predicted molar refractivity (Wildman–Crippen MR) is 84.8 cm³/mol. The lowest BCUT2D eigenvalue weighted by Gasteiger charge is -2.38. The first-order valence-electron chi connectivity index (χ1n) is 8.43. The smallest absolute Gasteiger partial charge is 0.236 e. The van der Waals surface area contributed by atoms with Crippen LogP contribution in [0.5, 0.6) is 0 Å². The zero-order valence-electron chi connectivity index (χ0n) is 13.7. The molecule has 1 amide bonds. The van der Waals surface area contributed by atoms with Gasteiger partial charge in [0, 0.05) is 32.0 Å². The summed E-state index contributed by atoms with van der Waals surface area (Å²) in [5.74, 6) is 0.0205. The molecule has 3 aliphatic rings. The van der Waals surface area contributed by atoms with Gasteiger partial charge in [-0.15, -0.1) is 0 Å². The third-order valence-corrected chi connectivity index (χ3v) is 6.91. The van der Waals surface area contributed by atoms with Crippen molar-refractivity contribution in [3.8, 4) is 0 Å². The van der Waals surface area contributed by atoms with Crippen molar-refractivity contribution in [3.05, 3.63) is 0 Å². The van der Waals surface area contributed by atoms with Crippen LogP contribution in [0.4, 0.5) is 0 Å². The maximum absolute atomic E-state index is 12.5. The van der Waals surface area contributed by atoms with E-state index in [0.717, 1.165) is 0 Å². The SMILES string of the molecule is CCN(CC(=O)N1CCC2(CC1)OCCO2)C1CCS(=O)(=O)C1. The fourth-order valence-electron chi connectivity index (χ4n) is 3.72. The fourth-order valence-corrected chi connectivity index (χ4v) is 5.48. The third-order valence-electron chi connectivity index (χ3n) is 5.16. The summed E-state index contributed by atoms with van der Waals surface area (Å²) in [5.41, 5.74) is 0. The number of likely N-dealkylation sites (N-methyl/N-ethyl adjacent to an activating group) is 1. The molecule has 1 unspecified atom stereocenters. The van der Waals surface area contributed by atoms with Gasteiger partial charge in [0.1, 0.15) is 0 Å². The third kappa shape index (κ3) is 3.87. The van der Waals surface area contributed by atoms with Crippen LogP contribution in [0.15, 0.2) is 0 Å². The van der Waals surface area contributed by atoms with E-state index in [1.165, 1.54) is 0 Å². The monoisotopic (exact) mass is 346 g/mol. The van der Waals surface area contributed by atoms with Crippen LogP contribution >= 0.6 is 0 Å². The first-order valence-corrected chi connectivity index (χ1v) is 10.3. The topological polar surface area (TPSA) is 76.2 Å². The maximum atomic E-state index is 12.5. The van der Waals surface area contributed by atoms with Crippen LogP contribution in [0.3, 0.4) is 0 Å². The Hall–Kier alpha value is -0.700. The lowest BCUT2D eigenvalue weighted by atomic mass is 10.0. The van der Waals surface area contributed by atoms with E-state index in [1.54, 1.807) is 0 Å². The molecule has 0 radical (unpaired) electrons. The van der Waals surface area contributed by atoms with Crippen LogP contribution in [0.25, 0.3) is 0 Å². The van der Waals surface area contributed by atoms with Gasteiger partial charge in [-0.05, 0) is 13.0 Å². The summed E-state index contributed by atoms with van der Waals surface area (Å²) < 4.78 is 34.6. The lowest BCUT2D eigenvalue weighted by molar-refractivity contribution is -0.187. The van der Waals surface area contributed by atoms with E-state index in [0.29, 0.717) is 58.7 Å². The van der Waals surface area contributed by atoms with Gasteiger partial charge in [-0.2, -0.15) is 0 Å². The maximum Gasteiger partial charge on any atom is 0.236 e. The number of hydrogen-bond donors (Lipinski definition) is 0. The number of sulfone groups is 1. The molecule has 1 spiro atoms. The molecule has 3 rings (SSSR count). The number of piperidine rings is 1. The standard InChI is InChI=1S/C15H26N2O5S/c1-2-16(13-3-10-23(19,20)12-13)11-14(18)17-6-4-15(5-7-17)21-8-9-22-15/h13H,2-12H2,1H3. The van der Waals surface area contributed by atoms with Gasteiger partial charge in [0.15, 0.2) is 15.6 Å². The van der Waals surface area contributed by atoms with Crippen LogP contribution in [0.1, 0.15) is 26.2 Å². The molecule has 3 heterocycles. The Morgan fingerprint density at radius 3 is 2.43 bits per heavy atom. The van der Waals surface area contributed by atoms with Gasteiger partial charge in [0.25, 0.3) is 0 Å². The molecular formula is C15H26N2O5S. The summed E-state index contributed by atoms with van der Waals surface area (Å²) in [7, 11) is -2.93. The molecule has 3 aliphatic heterocycles. The van der Waals surface area contributed by atoms with E-state index in [9.17, 15) is 13.2 Å². The van der Waals surface area contributed by atoms with Crippen molar-refractivity contribution in [1.82, 2.24) is 9.80 Å². The summed E-state index contributed by atoms with van der Waals surface area (Å²) in [6.45, 7) is 5.51. The number of rotatable bonds is 4. The van der Waals surface area contributed by atoms with Crippen molar-refractivity contribution in [3.63, 3.8) is 0 Å². The molecule has 7 nitrogen and oxygen atoms in total. The van der Waals surface area contributed by atoms with Gasteiger partial charge in [0.05, 0.1) is 31.3 Å². The molecule has 1 atom stereocenters. The molecule has 8 heteroatoms. The van der Waals surface area contributed by atoms with Crippen molar-refractivity contribution in [2.24, 2.45) is 0 Å². The van der Waals surface area contributed by atoms with Gasteiger partial charge in [-0.1, -0.05) is 6.92 Å². The minimum absolute atomic E-state index is 0.0217. The highest BCUT2D eigenvalue weighted by Crippen LogP contribution is 2.31. The molecule has 0 aliphatic carbocycles. The molecule has 0 bridgehead atoms. The van der Waals surface area contributed by atoms with Crippen LogP contribution in [-0.4, -0.2) is 86.9 Å². The number of nitrogens with zero attached hydrogens (tertiary/aromatic N) is 2. The van der Waals surface area contributed by atoms with Crippen molar-refractivity contribution in [2.45, 2.75) is 38.0 Å². The summed E-state index contributed by atoms with van der Waals surface area (Å²) >= 11 is 0. The zero-order valence-corrected chi connectivity index (χ0v) is 14.5. The molecule has 3 saturated heterocycles. The average Bonchev–Trinajstić information content (AvgIpc) is 3.12. The predicted octanol–water partition coefficient (Wildman–Crippen LogP) is -0.139. The highest BCUT2D eigenvalue weighted by atomic mass is 32.2. The number of ether oxygens (including phenoxy) is 2. The Morgan fingerprint density at radius 1 is 1.26 bits per heavy atom. The van der Waals surface area contributed by atoms with E-state index >= 15 is 0 Å². The molecule has 0 saturated carbocycles.